The van der Waals surface area contributed by atoms with Crippen LogP contribution in [0.5, 0.6) is 5.75 Å². The Morgan fingerprint density at radius 3 is 2.59 bits per heavy atom. The second-order valence-corrected chi connectivity index (χ2v) is 15.8. The van der Waals surface area contributed by atoms with Crippen LogP contribution in [-0.2, 0) is 21.4 Å². The molecule has 7 heterocycles. The quantitative estimate of drug-likeness (QED) is 0.126. The number of aromatic nitrogens is 3. The van der Waals surface area contributed by atoms with Crippen LogP contribution in [-0.4, -0.2) is 50.2 Å². The molecule has 3 aromatic carbocycles. The highest BCUT2D eigenvalue weighted by Crippen LogP contribution is 2.62. The van der Waals surface area contributed by atoms with Gasteiger partial charge in [-0.3, -0.25) is 9.59 Å². The van der Waals surface area contributed by atoms with E-state index in [1.807, 2.05) is 62.4 Å². The number of hydrogen-bond donors (Lipinski definition) is 5. The predicted octanol–water partition coefficient (Wildman–Crippen LogP) is 7.11. The van der Waals surface area contributed by atoms with Crippen molar-refractivity contribution in [2.75, 3.05) is 5.32 Å². The first-order chi connectivity index (χ1) is 25.9. The average Bonchev–Trinajstić information content (AvgIpc) is 3.94. The number of anilines is 1. The number of H-pyrrole nitrogens is 1. The number of aromatic amines is 1. The number of amides is 2. The van der Waals surface area contributed by atoms with E-state index in [-0.39, 0.29) is 46.6 Å². The number of nitrogens with zero attached hydrogens (tertiary/aromatic N) is 2. The number of oxazole rings is 2. The van der Waals surface area contributed by atoms with Gasteiger partial charge in [-0.2, -0.15) is 4.98 Å². The Kier molecular flexibility index (Phi) is 7.15. The summed E-state index contributed by atoms with van der Waals surface area (Å²) in [7, 11) is 0. The van der Waals surface area contributed by atoms with Crippen molar-refractivity contribution in [1.29, 1.82) is 0 Å². The van der Waals surface area contributed by atoms with E-state index in [1.165, 1.54) is 0 Å². The number of carbonyl (C=O) groups excluding carboxylic acids is 2. The van der Waals surface area contributed by atoms with Gasteiger partial charge in [0.1, 0.15) is 34.5 Å². The van der Waals surface area contributed by atoms with Crippen LogP contribution < -0.4 is 20.7 Å². The van der Waals surface area contributed by atoms with E-state index in [0.717, 1.165) is 44.4 Å². The molecule has 10 bridgehead atoms. The molecule has 3 aromatic heterocycles. The summed E-state index contributed by atoms with van der Waals surface area (Å²) in [5.74, 6) is -0.0970. The largest absolute Gasteiger partial charge is 0.469 e. The number of ether oxygens (including phenoxy) is 1. The van der Waals surface area contributed by atoms with Crippen molar-refractivity contribution in [3.8, 4) is 39.8 Å². The molecule has 5 N–H and O–H groups in total. The number of nitrogens with one attached hydrogen (secondary N) is 4. The molecule has 274 valence electrons. The zero-order chi connectivity index (χ0) is 37.4. The Labute approximate surface area is 318 Å². The van der Waals surface area contributed by atoms with Gasteiger partial charge in [0.15, 0.2) is 28.6 Å². The van der Waals surface area contributed by atoms with Gasteiger partial charge in [-0.1, -0.05) is 93.4 Å². The van der Waals surface area contributed by atoms with Crippen molar-refractivity contribution >= 4 is 51.6 Å². The normalized spacial score (nSPS) is 22.2. The number of benzene rings is 3. The van der Waals surface area contributed by atoms with Crippen LogP contribution in [0.2, 0.25) is 10.3 Å². The summed E-state index contributed by atoms with van der Waals surface area (Å²) in [4.78, 5) is 40.5. The molecule has 6 aromatic rings. The van der Waals surface area contributed by atoms with E-state index in [9.17, 15) is 14.7 Å². The number of fused-ring (bicyclic) bond motifs is 7. The molecule has 14 heteroatoms. The van der Waals surface area contributed by atoms with E-state index in [0.29, 0.717) is 22.2 Å². The fourth-order valence-corrected chi connectivity index (χ4v) is 9.01. The van der Waals surface area contributed by atoms with Crippen LogP contribution in [0.4, 0.5) is 5.69 Å². The lowest BCUT2D eigenvalue weighted by molar-refractivity contribution is -0.135. The van der Waals surface area contributed by atoms with Crippen molar-refractivity contribution < 1.29 is 28.3 Å². The molecule has 0 radical (unpaired) electrons. The summed E-state index contributed by atoms with van der Waals surface area (Å²) in [6.45, 7) is 7.36. The molecule has 5 atom stereocenters. The number of aliphatic hydroxyl groups is 1. The number of rotatable bonds is 4. The van der Waals surface area contributed by atoms with Crippen LogP contribution in [0.15, 0.2) is 63.4 Å². The van der Waals surface area contributed by atoms with Crippen molar-refractivity contribution in [1.82, 2.24) is 25.6 Å². The van der Waals surface area contributed by atoms with Crippen molar-refractivity contribution in [3.63, 3.8) is 0 Å². The smallest absolute Gasteiger partial charge is 0.250 e. The minimum atomic E-state index is -1.30. The van der Waals surface area contributed by atoms with E-state index in [1.54, 1.807) is 13.8 Å². The molecule has 0 saturated carbocycles. The van der Waals surface area contributed by atoms with Gasteiger partial charge in [-0.25, -0.2) is 4.98 Å². The highest BCUT2D eigenvalue weighted by molar-refractivity contribution is 6.37. The molecule has 0 fully saturated rings. The SMILES string of the molecule is CC(C)C1NC(=O)[C@@H](NC(=O)[C@@H](O)C(C)C)Cc2ccc3c(c2)[C@]24c5cccc(c5NC2O3)-c2cccc3[nH]c(Cl)c(c23)-c2oc(nc2Cl)-c2nc1oc24. The van der Waals surface area contributed by atoms with Crippen LogP contribution in [0.3, 0.4) is 0 Å². The molecule has 1 spiro atoms. The Morgan fingerprint density at radius 2 is 1.80 bits per heavy atom. The number of halogens is 2. The van der Waals surface area contributed by atoms with Crippen LogP contribution in [0, 0.1) is 11.8 Å². The van der Waals surface area contributed by atoms with Gasteiger partial charge in [-0.15, -0.1) is 0 Å². The Balaban J connectivity index is 1.30. The lowest BCUT2D eigenvalue weighted by Gasteiger charge is -2.29. The van der Waals surface area contributed by atoms with Crippen LogP contribution >= 0.6 is 23.2 Å². The third kappa shape index (κ3) is 4.47. The Bertz CT molecular complexity index is 2590. The number of hydrogen-bond acceptors (Lipinski definition) is 9. The maximum Gasteiger partial charge on any atom is 0.250 e. The molecule has 0 aliphatic carbocycles. The molecule has 0 saturated heterocycles. The van der Waals surface area contributed by atoms with E-state index < -0.39 is 41.6 Å². The maximum atomic E-state index is 14.2. The first-order valence-electron chi connectivity index (χ1n) is 17.9. The van der Waals surface area contributed by atoms with Gasteiger partial charge < -0.3 is 39.6 Å². The molecule has 54 heavy (non-hydrogen) atoms. The second kappa shape index (κ2) is 11.6. The maximum absolute atomic E-state index is 14.2. The van der Waals surface area contributed by atoms with Crippen molar-refractivity contribution in [3.05, 3.63) is 93.2 Å². The summed E-state index contributed by atoms with van der Waals surface area (Å²) < 4.78 is 20.4. The summed E-state index contributed by atoms with van der Waals surface area (Å²) in [5, 5.41) is 21.5. The minimum absolute atomic E-state index is 0.0872. The summed E-state index contributed by atoms with van der Waals surface area (Å²) in [6, 6.07) is 16.0. The molecule has 10 rings (SSSR count). The van der Waals surface area contributed by atoms with Crippen molar-refractivity contribution in [2.45, 2.75) is 63.9 Å². The highest BCUT2D eigenvalue weighted by Gasteiger charge is 2.61. The number of carbonyl (C=O) groups is 2. The minimum Gasteiger partial charge on any atom is -0.469 e. The van der Waals surface area contributed by atoms with Crippen molar-refractivity contribution in [2.24, 2.45) is 11.8 Å². The Morgan fingerprint density at radius 1 is 1.00 bits per heavy atom. The molecule has 2 unspecified atom stereocenters. The van der Waals surface area contributed by atoms with Crippen LogP contribution in [0.25, 0.3) is 44.9 Å². The van der Waals surface area contributed by atoms with Gasteiger partial charge in [0.05, 0.1) is 5.56 Å². The van der Waals surface area contributed by atoms with Gasteiger partial charge in [0.2, 0.25) is 17.7 Å². The molecule has 4 aliphatic rings. The molecular formula is C40H34Cl2N6O6. The van der Waals surface area contributed by atoms with Gasteiger partial charge in [0, 0.05) is 39.7 Å². The van der Waals surface area contributed by atoms with Crippen LogP contribution in [0.1, 0.15) is 62.1 Å². The lowest BCUT2D eigenvalue weighted by Crippen LogP contribution is -2.52. The van der Waals surface area contributed by atoms with Gasteiger partial charge in [0.25, 0.3) is 5.89 Å². The predicted molar refractivity (Wildman–Crippen MR) is 201 cm³/mol. The molecule has 12 nitrogen and oxygen atoms in total. The fraction of sp³-hybridized carbons (Fsp3) is 0.300. The first kappa shape index (κ1) is 33.3. The summed E-state index contributed by atoms with van der Waals surface area (Å²) in [6.07, 6.45) is -1.87. The Hall–Kier alpha value is -5.30. The van der Waals surface area contributed by atoms with Gasteiger partial charge >= 0.3 is 0 Å². The third-order valence-corrected chi connectivity index (χ3v) is 11.7. The summed E-state index contributed by atoms with van der Waals surface area (Å²) in [5.41, 5.74) is 5.49. The molecule has 4 aliphatic heterocycles. The molecule has 2 amide bonds. The van der Waals surface area contributed by atoms with E-state index >= 15 is 0 Å². The first-order valence-corrected chi connectivity index (χ1v) is 18.7. The monoisotopic (exact) mass is 764 g/mol. The molecular weight excluding hydrogens is 731 g/mol. The zero-order valence-electron chi connectivity index (χ0n) is 29.5. The topological polar surface area (TPSA) is 168 Å². The average molecular weight is 766 g/mol. The number of para-hydroxylation sites is 1. The van der Waals surface area contributed by atoms with E-state index in [2.05, 4.69) is 27.0 Å². The third-order valence-electron chi connectivity index (χ3n) is 11.2. The van der Waals surface area contributed by atoms with E-state index in [4.69, 9.17) is 46.7 Å². The lowest BCUT2D eigenvalue weighted by atomic mass is 9.72. The second-order valence-electron chi connectivity index (χ2n) is 15.1. The standard InChI is InChI=1S/C40H34Cl2N6O6/c1-15(2)27-37-46-29-32(54-37)40-20-9-5-8-19(18-7-6-10-22-25(18)26(33(41)43-22)31-34(42)48-38(29)53-31)28(20)47-39(40)52-24-12-11-17(13-21(24)40)14-23(35(50)45-27)44-36(51)30(49)16(3)4/h5-13,15-16,23,27,30,39,43,47,49H,14H2,1-4H3,(H,44,51)(H,45,50)/t23-,27?,30-,39?,40-/m0/s1. The zero-order valence-corrected chi connectivity index (χ0v) is 31.0. The highest BCUT2D eigenvalue weighted by atomic mass is 35.5. The fourth-order valence-electron chi connectivity index (χ4n) is 8.52. The van der Waals surface area contributed by atoms with Gasteiger partial charge in [-0.05, 0) is 35.1 Å². The summed E-state index contributed by atoms with van der Waals surface area (Å²) >= 11 is 13.9. The number of aliphatic hydroxyl groups excluding tert-OH is 1.